The lowest BCUT2D eigenvalue weighted by molar-refractivity contribution is 0.102. The number of anilines is 3. The second-order valence-electron chi connectivity index (χ2n) is 7.14. The number of aromatic amines is 1. The van der Waals surface area contributed by atoms with E-state index in [4.69, 9.17) is 0 Å². The maximum absolute atomic E-state index is 13.0. The number of aromatic nitrogens is 5. The Morgan fingerprint density at radius 1 is 1.06 bits per heavy atom. The lowest BCUT2D eigenvalue weighted by Gasteiger charge is -2.10. The minimum absolute atomic E-state index is 0.282. The smallest absolute Gasteiger partial charge is 0.281 e. The monoisotopic (exact) mass is 433 g/mol. The van der Waals surface area contributed by atoms with Gasteiger partial charge in [-0.1, -0.05) is 6.07 Å². The van der Waals surface area contributed by atoms with Crippen LogP contribution in [0.3, 0.4) is 0 Å². The van der Waals surface area contributed by atoms with Crippen LogP contribution in [0.15, 0.2) is 60.9 Å². The third-order valence-corrected chi connectivity index (χ3v) is 4.90. The Morgan fingerprint density at radius 3 is 2.62 bits per heavy atom. The maximum Gasteiger partial charge on any atom is 0.281 e. The standard InChI is InChI=1S/C22H17F2N7O/c1-12-26-19-15(9-10-25-21(19)27-12)22(32)29-14-7-5-13(6-8-14)28-17-3-2-4-18-30-16(20(23)24)11-31(17)18/h2-11,20,28H,1H3,(H,29,32)(H,25,26,27). The molecule has 0 bridgehead atoms. The molecule has 160 valence electrons. The Bertz CT molecular complexity index is 1440. The molecule has 0 aliphatic rings. The van der Waals surface area contributed by atoms with Gasteiger partial charge in [0.05, 0.1) is 11.1 Å². The van der Waals surface area contributed by atoms with E-state index in [1.165, 1.54) is 6.20 Å². The fourth-order valence-electron chi connectivity index (χ4n) is 3.44. The van der Waals surface area contributed by atoms with Crippen LogP contribution in [0.4, 0.5) is 26.0 Å². The molecule has 32 heavy (non-hydrogen) atoms. The van der Waals surface area contributed by atoms with Gasteiger partial charge in [-0.3, -0.25) is 9.20 Å². The molecule has 5 rings (SSSR count). The molecule has 10 heteroatoms. The molecule has 4 aromatic heterocycles. The van der Waals surface area contributed by atoms with Crippen molar-refractivity contribution in [2.24, 2.45) is 0 Å². The van der Waals surface area contributed by atoms with Gasteiger partial charge in [-0.05, 0) is 49.4 Å². The van der Waals surface area contributed by atoms with Crippen molar-refractivity contribution in [3.8, 4) is 0 Å². The topological polar surface area (TPSA) is 100 Å². The fourth-order valence-corrected chi connectivity index (χ4v) is 3.44. The van der Waals surface area contributed by atoms with E-state index < -0.39 is 6.43 Å². The lowest BCUT2D eigenvalue weighted by atomic mass is 10.2. The van der Waals surface area contributed by atoms with Gasteiger partial charge in [0.1, 0.15) is 23.0 Å². The van der Waals surface area contributed by atoms with E-state index in [2.05, 4.69) is 30.6 Å². The van der Waals surface area contributed by atoms with E-state index in [9.17, 15) is 13.6 Å². The highest BCUT2D eigenvalue weighted by atomic mass is 19.3. The van der Waals surface area contributed by atoms with Crippen LogP contribution >= 0.6 is 0 Å². The SMILES string of the molecule is Cc1nc2nccc(C(=O)Nc3ccc(Nc4cccc5nc(C(F)F)cn45)cc3)c2[nH]1. The molecular weight excluding hydrogens is 416 g/mol. The van der Waals surface area contributed by atoms with Gasteiger partial charge in [-0.25, -0.2) is 23.7 Å². The summed E-state index contributed by atoms with van der Waals surface area (Å²) in [6.45, 7) is 1.80. The Kier molecular flexibility index (Phi) is 4.74. The molecule has 3 N–H and O–H groups in total. The zero-order valence-corrected chi connectivity index (χ0v) is 16.8. The fraction of sp³-hybridized carbons (Fsp3) is 0.0909. The van der Waals surface area contributed by atoms with Crippen molar-refractivity contribution in [2.45, 2.75) is 13.3 Å². The van der Waals surface area contributed by atoms with Gasteiger partial charge < -0.3 is 15.6 Å². The van der Waals surface area contributed by atoms with Gasteiger partial charge >= 0.3 is 0 Å². The highest BCUT2D eigenvalue weighted by Gasteiger charge is 2.15. The summed E-state index contributed by atoms with van der Waals surface area (Å²) in [4.78, 5) is 28.1. The van der Waals surface area contributed by atoms with Crippen LogP contribution in [0.5, 0.6) is 0 Å². The summed E-state index contributed by atoms with van der Waals surface area (Å²) in [6, 6.07) is 13.8. The van der Waals surface area contributed by atoms with Gasteiger partial charge in [0.25, 0.3) is 12.3 Å². The Balaban J connectivity index is 1.34. The summed E-state index contributed by atoms with van der Waals surface area (Å²) in [5.74, 6) is 0.980. The van der Waals surface area contributed by atoms with Crippen molar-refractivity contribution in [3.05, 3.63) is 78.0 Å². The van der Waals surface area contributed by atoms with Crippen LogP contribution in [0, 0.1) is 6.92 Å². The second kappa shape index (κ2) is 7.73. The van der Waals surface area contributed by atoms with Crippen molar-refractivity contribution in [2.75, 3.05) is 10.6 Å². The molecule has 1 amide bonds. The number of carbonyl (C=O) groups is 1. The predicted octanol–water partition coefficient (Wildman–Crippen LogP) is 4.85. The molecule has 0 saturated heterocycles. The molecule has 0 atom stereocenters. The van der Waals surface area contributed by atoms with E-state index in [0.717, 1.165) is 5.69 Å². The van der Waals surface area contributed by atoms with Crippen molar-refractivity contribution < 1.29 is 13.6 Å². The van der Waals surface area contributed by atoms with Crippen LogP contribution in [0.25, 0.3) is 16.8 Å². The van der Waals surface area contributed by atoms with Crippen LogP contribution in [0.2, 0.25) is 0 Å². The highest BCUT2D eigenvalue weighted by molar-refractivity contribution is 6.11. The summed E-state index contributed by atoms with van der Waals surface area (Å²) >= 11 is 0. The van der Waals surface area contributed by atoms with Crippen LogP contribution in [-0.2, 0) is 0 Å². The number of pyridine rings is 2. The number of nitrogens with one attached hydrogen (secondary N) is 3. The average Bonchev–Trinajstić information content (AvgIpc) is 3.38. The molecule has 0 fully saturated rings. The zero-order chi connectivity index (χ0) is 22.2. The van der Waals surface area contributed by atoms with Gasteiger partial charge in [-0.15, -0.1) is 0 Å². The maximum atomic E-state index is 13.0. The van der Waals surface area contributed by atoms with E-state index in [-0.39, 0.29) is 11.6 Å². The number of H-pyrrole nitrogens is 1. The van der Waals surface area contributed by atoms with E-state index in [0.29, 0.717) is 39.7 Å². The quantitative estimate of drug-likeness (QED) is 0.368. The highest BCUT2D eigenvalue weighted by Crippen LogP contribution is 2.24. The largest absolute Gasteiger partial charge is 0.341 e. The Labute approximate surface area is 180 Å². The number of amides is 1. The molecule has 0 spiro atoms. The number of carbonyl (C=O) groups excluding carboxylic acids is 1. The van der Waals surface area contributed by atoms with Gasteiger partial charge in [0.15, 0.2) is 5.65 Å². The number of hydrogen-bond acceptors (Lipinski definition) is 5. The Morgan fingerprint density at radius 2 is 1.84 bits per heavy atom. The van der Waals surface area contributed by atoms with E-state index >= 15 is 0 Å². The number of fused-ring (bicyclic) bond motifs is 2. The average molecular weight is 433 g/mol. The lowest BCUT2D eigenvalue weighted by Crippen LogP contribution is -2.12. The van der Waals surface area contributed by atoms with Gasteiger partial charge in [0.2, 0.25) is 0 Å². The first-order valence-corrected chi connectivity index (χ1v) is 9.74. The predicted molar refractivity (Wildman–Crippen MR) is 116 cm³/mol. The molecule has 1 aromatic carbocycles. The molecule has 0 saturated carbocycles. The minimum atomic E-state index is -2.64. The number of alkyl halides is 2. The zero-order valence-electron chi connectivity index (χ0n) is 16.8. The van der Waals surface area contributed by atoms with E-state index in [1.54, 1.807) is 66.1 Å². The molecule has 0 radical (unpaired) electrons. The minimum Gasteiger partial charge on any atom is -0.341 e. The van der Waals surface area contributed by atoms with Crippen molar-refractivity contribution in [1.82, 2.24) is 24.3 Å². The summed E-state index contributed by atoms with van der Waals surface area (Å²) in [5, 5.41) is 6.04. The van der Waals surface area contributed by atoms with Crippen LogP contribution in [-0.4, -0.2) is 30.2 Å². The normalized spacial score (nSPS) is 11.4. The van der Waals surface area contributed by atoms with Gasteiger partial charge in [-0.2, -0.15) is 0 Å². The van der Waals surface area contributed by atoms with Crippen LogP contribution < -0.4 is 10.6 Å². The summed E-state index contributed by atoms with van der Waals surface area (Å²) in [5.41, 5.74) is 2.97. The molecule has 0 aliphatic carbocycles. The first-order chi connectivity index (χ1) is 15.5. The second-order valence-corrected chi connectivity index (χ2v) is 7.14. The van der Waals surface area contributed by atoms with Gasteiger partial charge in [0, 0.05) is 23.8 Å². The third-order valence-electron chi connectivity index (χ3n) is 4.90. The molecule has 0 aliphatic heterocycles. The third kappa shape index (κ3) is 3.62. The van der Waals surface area contributed by atoms with Crippen molar-refractivity contribution >= 4 is 39.9 Å². The number of aryl methyl sites for hydroxylation is 1. The first kappa shape index (κ1) is 19.6. The molecular formula is C22H17F2N7O. The molecule has 0 unspecified atom stereocenters. The Hall–Kier alpha value is -4.34. The number of halogens is 2. The summed E-state index contributed by atoms with van der Waals surface area (Å²) < 4.78 is 27.5. The molecule has 5 aromatic rings. The number of nitrogens with zero attached hydrogens (tertiary/aromatic N) is 4. The molecule has 4 heterocycles. The summed E-state index contributed by atoms with van der Waals surface area (Å²) in [6.07, 6.45) is 0.211. The number of rotatable bonds is 5. The van der Waals surface area contributed by atoms with Crippen molar-refractivity contribution in [1.29, 1.82) is 0 Å². The first-order valence-electron chi connectivity index (χ1n) is 9.74. The number of hydrogen-bond donors (Lipinski definition) is 3. The number of imidazole rings is 2. The number of benzene rings is 1. The molecule has 8 nitrogen and oxygen atoms in total. The van der Waals surface area contributed by atoms with E-state index in [1.807, 2.05) is 0 Å². The summed E-state index contributed by atoms with van der Waals surface area (Å²) in [7, 11) is 0. The van der Waals surface area contributed by atoms with Crippen LogP contribution in [0.1, 0.15) is 28.3 Å². The van der Waals surface area contributed by atoms with Crippen molar-refractivity contribution in [3.63, 3.8) is 0 Å².